The summed E-state index contributed by atoms with van der Waals surface area (Å²) in [5.74, 6) is -0.941. The summed E-state index contributed by atoms with van der Waals surface area (Å²) in [6, 6.07) is 5.29. The molecule has 0 radical (unpaired) electrons. The van der Waals surface area contributed by atoms with Gasteiger partial charge in [-0.2, -0.15) is 0 Å². The van der Waals surface area contributed by atoms with Gasteiger partial charge in [0.15, 0.2) is 0 Å². The molecule has 1 aromatic heterocycles. The molecular formula is C11H9BrN2O3. The molecule has 1 aromatic carbocycles. The van der Waals surface area contributed by atoms with E-state index >= 15 is 0 Å². The third-order valence-corrected chi connectivity index (χ3v) is 3.03. The lowest BCUT2D eigenvalue weighted by atomic mass is 10.2. The lowest BCUT2D eigenvalue weighted by molar-refractivity contribution is -0.137. The largest absolute Gasteiger partial charge is 0.481 e. The minimum Gasteiger partial charge on any atom is -0.481 e. The van der Waals surface area contributed by atoms with Crippen molar-refractivity contribution in [2.24, 2.45) is 0 Å². The first-order valence-corrected chi connectivity index (χ1v) is 5.74. The van der Waals surface area contributed by atoms with Crippen LogP contribution >= 0.6 is 15.9 Å². The predicted molar refractivity (Wildman–Crippen MR) is 66.0 cm³/mol. The Bertz CT molecular complexity index is 636. The standard InChI is InChI=1S/C11H9BrN2O3/c12-7-2-1-3-8-10(7)11(17)14(6-13-8)5-4-9(15)16/h1-3,6H,4-5H2,(H,15,16). The summed E-state index contributed by atoms with van der Waals surface area (Å²) in [6.45, 7) is 0.123. The highest BCUT2D eigenvalue weighted by Crippen LogP contribution is 2.18. The van der Waals surface area contributed by atoms with Gasteiger partial charge in [-0.15, -0.1) is 0 Å². The van der Waals surface area contributed by atoms with Gasteiger partial charge >= 0.3 is 5.97 Å². The molecule has 2 aromatic rings. The van der Waals surface area contributed by atoms with Gasteiger partial charge in [0, 0.05) is 11.0 Å². The third-order valence-electron chi connectivity index (χ3n) is 2.37. The molecule has 5 nitrogen and oxygen atoms in total. The highest BCUT2D eigenvalue weighted by Gasteiger charge is 2.08. The molecule has 0 fully saturated rings. The summed E-state index contributed by atoms with van der Waals surface area (Å²) in [7, 11) is 0. The molecule has 0 saturated carbocycles. The molecule has 0 aliphatic heterocycles. The van der Waals surface area contributed by atoms with Crippen LogP contribution in [0.4, 0.5) is 0 Å². The van der Waals surface area contributed by atoms with Crippen LogP contribution in [0.15, 0.2) is 33.8 Å². The first-order valence-electron chi connectivity index (χ1n) is 4.95. The van der Waals surface area contributed by atoms with E-state index in [0.29, 0.717) is 15.4 Å². The molecule has 0 aliphatic rings. The molecule has 0 atom stereocenters. The number of aliphatic carboxylic acids is 1. The highest BCUT2D eigenvalue weighted by molar-refractivity contribution is 9.10. The zero-order valence-corrected chi connectivity index (χ0v) is 10.3. The monoisotopic (exact) mass is 296 g/mol. The van der Waals surface area contributed by atoms with Crippen LogP contribution in [0.2, 0.25) is 0 Å². The molecule has 0 saturated heterocycles. The number of nitrogens with zero attached hydrogens (tertiary/aromatic N) is 2. The van der Waals surface area contributed by atoms with Crippen molar-refractivity contribution in [1.82, 2.24) is 9.55 Å². The smallest absolute Gasteiger partial charge is 0.305 e. The van der Waals surface area contributed by atoms with Crippen LogP contribution in [-0.2, 0) is 11.3 Å². The predicted octanol–water partition coefficient (Wildman–Crippen LogP) is 1.63. The fraction of sp³-hybridized carbons (Fsp3) is 0.182. The maximum atomic E-state index is 12.1. The maximum Gasteiger partial charge on any atom is 0.305 e. The number of fused-ring (bicyclic) bond motifs is 1. The van der Waals surface area contributed by atoms with E-state index in [1.54, 1.807) is 18.2 Å². The van der Waals surface area contributed by atoms with Crippen LogP contribution in [0, 0.1) is 0 Å². The molecule has 0 aliphatic carbocycles. The Morgan fingerprint density at radius 2 is 2.24 bits per heavy atom. The van der Waals surface area contributed by atoms with Crippen molar-refractivity contribution in [2.75, 3.05) is 0 Å². The van der Waals surface area contributed by atoms with E-state index in [2.05, 4.69) is 20.9 Å². The lowest BCUT2D eigenvalue weighted by Gasteiger charge is -2.05. The minimum atomic E-state index is -0.941. The number of hydrogen-bond acceptors (Lipinski definition) is 3. The molecule has 88 valence electrons. The van der Waals surface area contributed by atoms with Gasteiger partial charge in [-0.1, -0.05) is 6.07 Å². The number of halogens is 1. The molecule has 6 heteroatoms. The second-order valence-electron chi connectivity index (χ2n) is 3.52. The van der Waals surface area contributed by atoms with Gasteiger partial charge < -0.3 is 5.11 Å². The third kappa shape index (κ3) is 2.36. The van der Waals surface area contributed by atoms with Crippen molar-refractivity contribution in [3.63, 3.8) is 0 Å². The molecular weight excluding hydrogens is 288 g/mol. The normalized spacial score (nSPS) is 10.6. The second kappa shape index (κ2) is 4.67. The Labute approximate surface area is 105 Å². The Morgan fingerprint density at radius 1 is 1.47 bits per heavy atom. The van der Waals surface area contributed by atoms with E-state index in [0.717, 1.165) is 0 Å². The molecule has 2 rings (SSSR count). The van der Waals surface area contributed by atoms with E-state index in [-0.39, 0.29) is 18.5 Å². The number of rotatable bonds is 3. The van der Waals surface area contributed by atoms with Crippen LogP contribution in [0.5, 0.6) is 0 Å². The van der Waals surface area contributed by atoms with Crippen molar-refractivity contribution in [3.8, 4) is 0 Å². The molecule has 0 amide bonds. The summed E-state index contributed by atoms with van der Waals surface area (Å²) in [5.41, 5.74) is 0.361. The van der Waals surface area contributed by atoms with E-state index in [9.17, 15) is 9.59 Å². The first kappa shape index (κ1) is 11.8. The average Bonchev–Trinajstić information content (AvgIpc) is 2.28. The van der Waals surface area contributed by atoms with Gasteiger partial charge in [0.1, 0.15) is 0 Å². The van der Waals surface area contributed by atoms with E-state index < -0.39 is 5.97 Å². The topological polar surface area (TPSA) is 72.2 Å². The first-order chi connectivity index (χ1) is 8.09. The van der Waals surface area contributed by atoms with Crippen molar-refractivity contribution in [3.05, 3.63) is 39.4 Å². The summed E-state index contributed by atoms with van der Waals surface area (Å²) < 4.78 is 1.97. The van der Waals surface area contributed by atoms with E-state index in [1.165, 1.54) is 10.9 Å². The van der Waals surface area contributed by atoms with Crippen LogP contribution in [0.1, 0.15) is 6.42 Å². The van der Waals surface area contributed by atoms with E-state index in [1.807, 2.05) is 0 Å². The summed E-state index contributed by atoms with van der Waals surface area (Å²) >= 11 is 3.29. The van der Waals surface area contributed by atoms with Gasteiger partial charge in [-0.05, 0) is 28.1 Å². The Kier molecular flexibility index (Phi) is 3.23. The van der Waals surface area contributed by atoms with Crippen LogP contribution < -0.4 is 5.56 Å². The summed E-state index contributed by atoms with van der Waals surface area (Å²) in [5, 5.41) is 9.06. The molecule has 17 heavy (non-hydrogen) atoms. The minimum absolute atomic E-state index is 0.0997. The maximum absolute atomic E-state index is 12.1. The number of aromatic nitrogens is 2. The zero-order valence-electron chi connectivity index (χ0n) is 8.76. The number of carboxylic acids is 1. The quantitative estimate of drug-likeness (QED) is 0.934. The molecule has 1 heterocycles. The Balaban J connectivity index is 2.53. The SMILES string of the molecule is O=C(O)CCn1cnc2cccc(Br)c2c1=O. The van der Waals surface area contributed by atoms with Gasteiger partial charge in [0.2, 0.25) is 0 Å². The van der Waals surface area contributed by atoms with Crippen molar-refractivity contribution >= 4 is 32.8 Å². The number of hydrogen-bond donors (Lipinski definition) is 1. The van der Waals surface area contributed by atoms with Gasteiger partial charge in [-0.3, -0.25) is 14.2 Å². The Hall–Kier alpha value is -1.69. The van der Waals surface area contributed by atoms with Gasteiger partial charge in [0.25, 0.3) is 5.56 Å². The van der Waals surface area contributed by atoms with Gasteiger partial charge in [-0.25, -0.2) is 4.98 Å². The van der Waals surface area contributed by atoms with Crippen LogP contribution in [0.25, 0.3) is 10.9 Å². The molecule has 0 unspecified atom stereocenters. The lowest BCUT2D eigenvalue weighted by Crippen LogP contribution is -2.22. The second-order valence-corrected chi connectivity index (χ2v) is 4.38. The van der Waals surface area contributed by atoms with Crippen LogP contribution in [-0.4, -0.2) is 20.6 Å². The van der Waals surface area contributed by atoms with Crippen molar-refractivity contribution in [2.45, 2.75) is 13.0 Å². The fourth-order valence-electron chi connectivity index (χ4n) is 1.54. The number of benzene rings is 1. The van der Waals surface area contributed by atoms with Crippen molar-refractivity contribution < 1.29 is 9.90 Å². The van der Waals surface area contributed by atoms with Crippen molar-refractivity contribution in [1.29, 1.82) is 0 Å². The Morgan fingerprint density at radius 3 is 2.94 bits per heavy atom. The van der Waals surface area contributed by atoms with Gasteiger partial charge in [0.05, 0.1) is 23.7 Å². The average molecular weight is 297 g/mol. The summed E-state index contributed by atoms with van der Waals surface area (Å²) in [6.07, 6.45) is 1.28. The van der Waals surface area contributed by atoms with Crippen LogP contribution in [0.3, 0.4) is 0 Å². The highest BCUT2D eigenvalue weighted by atomic mass is 79.9. The fourth-order valence-corrected chi connectivity index (χ4v) is 2.06. The summed E-state index contributed by atoms with van der Waals surface area (Å²) in [4.78, 5) is 26.7. The number of carbonyl (C=O) groups is 1. The molecule has 0 spiro atoms. The number of aryl methyl sites for hydroxylation is 1. The van der Waals surface area contributed by atoms with E-state index in [4.69, 9.17) is 5.11 Å². The zero-order chi connectivity index (χ0) is 12.4. The number of carboxylic acid groups (broad SMARTS) is 1. The molecule has 0 bridgehead atoms. The molecule has 1 N–H and O–H groups in total.